The quantitative estimate of drug-likeness (QED) is 0.915. The van der Waals surface area contributed by atoms with E-state index in [0.717, 1.165) is 24.0 Å². The predicted molar refractivity (Wildman–Crippen MR) is 81.7 cm³/mol. The summed E-state index contributed by atoms with van der Waals surface area (Å²) in [5.41, 5.74) is 1.50. The van der Waals surface area contributed by atoms with E-state index in [2.05, 4.69) is 22.0 Å². The van der Waals surface area contributed by atoms with E-state index in [1.165, 1.54) is 19.3 Å². The number of nitrogens with zero attached hydrogens (tertiary/aromatic N) is 3. The monoisotopic (exact) mass is 285 g/mol. The van der Waals surface area contributed by atoms with Crippen LogP contribution in [0.5, 0.6) is 0 Å². The fourth-order valence-corrected chi connectivity index (χ4v) is 2.87. The van der Waals surface area contributed by atoms with Crippen LogP contribution in [0.3, 0.4) is 0 Å². The molecular weight excluding hydrogens is 266 g/mol. The molecule has 0 amide bonds. The molecule has 1 heterocycles. The van der Waals surface area contributed by atoms with E-state index in [-0.39, 0.29) is 5.69 Å². The predicted octanol–water partition coefficient (Wildman–Crippen LogP) is 2.95. The first kappa shape index (κ1) is 13.8. The lowest BCUT2D eigenvalue weighted by Gasteiger charge is -2.33. The molecule has 0 bridgehead atoms. The first-order valence-electron chi connectivity index (χ1n) is 7.44. The van der Waals surface area contributed by atoms with Crippen molar-refractivity contribution in [2.75, 3.05) is 18.0 Å². The minimum absolute atomic E-state index is 0.0508. The molecule has 110 valence electrons. The molecule has 21 heavy (non-hydrogen) atoms. The van der Waals surface area contributed by atoms with Gasteiger partial charge in [-0.1, -0.05) is 24.6 Å². The second-order valence-corrected chi connectivity index (χ2v) is 5.56. The van der Waals surface area contributed by atoms with Gasteiger partial charge < -0.3 is 10.0 Å². The Balaban J connectivity index is 2.11. The van der Waals surface area contributed by atoms with Gasteiger partial charge in [0, 0.05) is 18.5 Å². The maximum absolute atomic E-state index is 11.5. The molecule has 1 saturated carbocycles. The molecule has 1 fully saturated rings. The zero-order chi connectivity index (χ0) is 14.8. The van der Waals surface area contributed by atoms with Crippen LogP contribution >= 0.6 is 0 Å². The van der Waals surface area contributed by atoms with Gasteiger partial charge in [-0.25, -0.2) is 4.79 Å². The summed E-state index contributed by atoms with van der Waals surface area (Å²) in [4.78, 5) is 13.7. The molecule has 0 aliphatic heterocycles. The van der Waals surface area contributed by atoms with Crippen LogP contribution in [0, 0.1) is 5.92 Å². The van der Waals surface area contributed by atoms with E-state index in [1.54, 1.807) is 0 Å². The van der Waals surface area contributed by atoms with Crippen LogP contribution in [0.15, 0.2) is 24.3 Å². The molecule has 0 atom stereocenters. The van der Waals surface area contributed by atoms with Crippen LogP contribution in [0.2, 0.25) is 0 Å². The van der Waals surface area contributed by atoms with E-state index < -0.39 is 5.97 Å². The Morgan fingerprint density at radius 1 is 1.33 bits per heavy atom. The van der Waals surface area contributed by atoms with Crippen molar-refractivity contribution < 1.29 is 9.90 Å². The molecule has 0 unspecified atom stereocenters. The van der Waals surface area contributed by atoms with Gasteiger partial charge in [-0.2, -0.15) is 0 Å². The maximum atomic E-state index is 11.5. The van der Waals surface area contributed by atoms with Crippen LogP contribution in [0.4, 0.5) is 5.69 Å². The molecule has 0 radical (unpaired) electrons. The summed E-state index contributed by atoms with van der Waals surface area (Å²) in [6.45, 7) is 3.72. The van der Waals surface area contributed by atoms with Crippen molar-refractivity contribution in [3.05, 3.63) is 30.0 Å². The van der Waals surface area contributed by atoms with Gasteiger partial charge in [0.2, 0.25) is 0 Å². The third-order valence-corrected chi connectivity index (χ3v) is 4.25. The number of aromatic nitrogens is 2. The van der Waals surface area contributed by atoms with Gasteiger partial charge in [-0.15, -0.1) is 10.2 Å². The number of carbonyl (C=O) groups is 1. The van der Waals surface area contributed by atoms with E-state index in [9.17, 15) is 9.90 Å². The molecule has 0 spiro atoms. The summed E-state index contributed by atoms with van der Waals surface area (Å²) in [6, 6.07) is 7.60. The zero-order valence-corrected chi connectivity index (χ0v) is 12.1. The molecular formula is C16H19N3O2. The second-order valence-electron chi connectivity index (χ2n) is 5.56. The lowest BCUT2D eigenvalue weighted by atomic mass is 9.85. The van der Waals surface area contributed by atoms with Crippen molar-refractivity contribution >= 4 is 22.6 Å². The van der Waals surface area contributed by atoms with E-state index in [0.29, 0.717) is 11.6 Å². The van der Waals surface area contributed by atoms with E-state index in [4.69, 9.17) is 0 Å². The third kappa shape index (κ3) is 2.55. The molecule has 1 aliphatic carbocycles. The highest BCUT2D eigenvalue weighted by molar-refractivity contribution is 6.02. The van der Waals surface area contributed by atoms with Gasteiger partial charge in [-0.05, 0) is 31.7 Å². The van der Waals surface area contributed by atoms with Gasteiger partial charge in [0.1, 0.15) is 0 Å². The number of anilines is 1. The number of carboxylic acids is 1. The molecule has 3 rings (SSSR count). The fraction of sp³-hybridized carbons (Fsp3) is 0.438. The van der Waals surface area contributed by atoms with Crippen LogP contribution < -0.4 is 4.90 Å². The molecule has 1 aromatic carbocycles. The first-order chi connectivity index (χ1) is 10.2. The van der Waals surface area contributed by atoms with Gasteiger partial charge in [-0.3, -0.25) is 0 Å². The Labute approximate surface area is 123 Å². The average Bonchev–Trinajstić information content (AvgIpc) is 2.45. The molecule has 2 aromatic rings. The molecule has 1 N–H and O–H groups in total. The lowest BCUT2D eigenvalue weighted by molar-refractivity contribution is 0.0690. The van der Waals surface area contributed by atoms with Gasteiger partial charge in [0.05, 0.1) is 11.2 Å². The number of carboxylic acid groups (broad SMARTS) is 1. The SMILES string of the molecule is CCN(CC1CCC1)c1c(C(=O)O)nnc2ccccc12. The normalized spacial score (nSPS) is 14.9. The van der Waals surface area contributed by atoms with Crippen molar-refractivity contribution in [1.29, 1.82) is 0 Å². The molecule has 5 nitrogen and oxygen atoms in total. The standard InChI is InChI=1S/C16H19N3O2/c1-2-19(10-11-6-5-7-11)15-12-8-3-4-9-13(12)17-18-14(15)16(20)21/h3-4,8-9,11H,2,5-7,10H2,1H3,(H,20,21). The minimum Gasteiger partial charge on any atom is -0.476 e. The Bertz CT molecular complexity index is 668. The average molecular weight is 285 g/mol. The van der Waals surface area contributed by atoms with E-state index in [1.807, 2.05) is 24.3 Å². The second kappa shape index (κ2) is 5.68. The van der Waals surface area contributed by atoms with Crippen LogP contribution in [0.1, 0.15) is 36.7 Å². The van der Waals surface area contributed by atoms with Gasteiger partial charge in [0.25, 0.3) is 0 Å². The number of rotatable bonds is 5. The van der Waals surface area contributed by atoms with Crippen molar-refractivity contribution in [2.24, 2.45) is 5.92 Å². The molecule has 5 heteroatoms. The Kier molecular flexibility index (Phi) is 3.73. The van der Waals surface area contributed by atoms with E-state index >= 15 is 0 Å². The topological polar surface area (TPSA) is 66.3 Å². The van der Waals surface area contributed by atoms with Crippen LogP contribution in [0.25, 0.3) is 10.9 Å². The Morgan fingerprint density at radius 2 is 2.10 bits per heavy atom. The summed E-state index contributed by atoms with van der Waals surface area (Å²) in [5, 5.41) is 18.3. The summed E-state index contributed by atoms with van der Waals surface area (Å²) < 4.78 is 0. The number of benzene rings is 1. The van der Waals surface area contributed by atoms with Crippen LogP contribution in [-0.4, -0.2) is 34.4 Å². The summed E-state index contributed by atoms with van der Waals surface area (Å²) in [5.74, 6) is -0.353. The zero-order valence-electron chi connectivity index (χ0n) is 12.1. The summed E-state index contributed by atoms with van der Waals surface area (Å²) >= 11 is 0. The molecule has 0 saturated heterocycles. The third-order valence-electron chi connectivity index (χ3n) is 4.25. The highest BCUT2D eigenvalue weighted by Gasteiger charge is 2.25. The number of fused-ring (bicyclic) bond motifs is 1. The first-order valence-corrected chi connectivity index (χ1v) is 7.44. The van der Waals surface area contributed by atoms with Gasteiger partial charge >= 0.3 is 5.97 Å². The van der Waals surface area contributed by atoms with Crippen LogP contribution in [-0.2, 0) is 0 Å². The number of hydrogen-bond donors (Lipinski definition) is 1. The van der Waals surface area contributed by atoms with Crippen molar-refractivity contribution in [1.82, 2.24) is 10.2 Å². The smallest absolute Gasteiger partial charge is 0.358 e. The highest BCUT2D eigenvalue weighted by atomic mass is 16.4. The molecule has 1 aliphatic rings. The largest absolute Gasteiger partial charge is 0.476 e. The Hall–Kier alpha value is -2.17. The van der Waals surface area contributed by atoms with Crippen molar-refractivity contribution in [3.63, 3.8) is 0 Å². The number of hydrogen-bond acceptors (Lipinski definition) is 4. The lowest BCUT2D eigenvalue weighted by Crippen LogP contribution is -2.34. The Morgan fingerprint density at radius 3 is 2.71 bits per heavy atom. The highest BCUT2D eigenvalue weighted by Crippen LogP contribution is 2.33. The van der Waals surface area contributed by atoms with Crippen molar-refractivity contribution in [3.8, 4) is 0 Å². The van der Waals surface area contributed by atoms with Gasteiger partial charge in [0.15, 0.2) is 5.69 Å². The maximum Gasteiger partial charge on any atom is 0.358 e. The summed E-state index contributed by atoms with van der Waals surface area (Å²) in [6.07, 6.45) is 3.74. The fourth-order valence-electron chi connectivity index (χ4n) is 2.87. The minimum atomic E-state index is -1.02. The molecule has 1 aromatic heterocycles. The number of aromatic carboxylic acids is 1. The van der Waals surface area contributed by atoms with Crippen molar-refractivity contribution in [2.45, 2.75) is 26.2 Å². The summed E-state index contributed by atoms with van der Waals surface area (Å²) in [7, 11) is 0.